The van der Waals surface area contributed by atoms with Crippen molar-refractivity contribution < 1.29 is 23.9 Å². The molecule has 2 saturated heterocycles. The number of hydrogen-bond donors (Lipinski definition) is 1. The summed E-state index contributed by atoms with van der Waals surface area (Å²) < 4.78 is 10.7. The highest BCUT2D eigenvalue weighted by atomic mass is 16.7. The highest BCUT2D eigenvalue weighted by Gasteiger charge is 2.64. The molecule has 4 atom stereocenters. The van der Waals surface area contributed by atoms with Crippen molar-refractivity contribution in [3.05, 3.63) is 59.8 Å². The predicted molar refractivity (Wildman–Crippen MR) is 105 cm³/mol. The number of primary amides is 1. The summed E-state index contributed by atoms with van der Waals surface area (Å²) in [6.07, 6.45) is 3.65. The minimum absolute atomic E-state index is 0.0931. The molecule has 0 bridgehead atoms. The van der Waals surface area contributed by atoms with E-state index in [1.807, 2.05) is 30.3 Å². The van der Waals surface area contributed by atoms with E-state index < -0.39 is 35.7 Å². The van der Waals surface area contributed by atoms with Crippen molar-refractivity contribution in [2.24, 2.45) is 17.6 Å². The van der Waals surface area contributed by atoms with Gasteiger partial charge in [0, 0.05) is 12.3 Å². The monoisotopic (exact) mass is 403 g/mol. The Kier molecular flexibility index (Phi) is 3.33. The summed E-state index contributed by atoms with van der Waals surface area (Å²) in [6, 6.07) is 11.3. The lowest BCUT2D eigenvalue weighted by Gasteiger charge is -2.34. The van der Waals surface area contributed by atoms with E-state index in [0.717, 1.165) is 16.0 Å². The molecule has 30 heavy (non-hydrogen) atoms. The first-order valence-electron chi connectivity index (χ1n) is 9.67. The molecule has 6 rings (SSSR count). The molecule has 4 aliphatic rings. The number of carbonyl (C=O) groups excluding carboxylic acids is 3. The van der Waals surface area contributed by atoms with Gasteiger partial charge in [0.25, 0.3) is 0 Å². The van der Waals surface area contributed by atoms with Crippen LogP contribution in [0.15, 0.2) is 48.7 Å². The second-order valence-electron chi connectivity index (χ2n) is 7.78. The molecule has 3 amide bonds. The van der Waals surface area contributed by atoms with Gasteiger partial charge in [-0.2, -0.15) is 0 Å². The maximum atomic E-state index is 13.6. The third-order valence-corrected chi connectivity index (χ3v) is 6.37. The number of ether oxygens (including phenoxy) is 2. The molecule has 2 aromatic carbocycles. The van der Waals surface area contributed by atoms with Crippen LogP contribution in [0.2, 0.25) is 0 Å². The number of fused-ring (bicyclic) bond motifs is 6. The van der Waals surface area contributed by atoms with Crippen molar-refractivity contribution in [1.82, 2.24) is 4.90 Å². The van der Waals surface area contributed by atoms with Gasteiger partial charge in [-0.1, -0.05) is 24.3 Å². The Hall–Kier alpha value is -3.81. The molecule has 0 radical (unpaired) electrons. The number of carbonyl (C=O) groups is 3. The number of amides is 3. The van der Waals surface area contributed by atoms with E-state index in [0.29, 0.717) is 17.2 Å². The number of anilines is 1. The van der Waals surface area contributed by atoms with Gasteiger partial charge in [0.2, 0.25) is 24.5 Å². The summed E-state index contributed by atoms with van der Waals surface area (Å²) in [5.41, 5.74) is 7.99. The van der Waals surface area contributed by atoms with E-state index in [-0.39, 0.29) is 12.7 Å². The summed E-state index contributed by atoms with van der Waals surface area (Å²) in [4.78, 5) is 42.3. The topological polar surface area (TPSA) is 102 Å². The molecular formula is C22H17N3O5. The van der Waals surface area contributed by atoms with Crippen LogP contribution in [0.25, 0.3) is 6.08 Å². The molecule has 0 spiro atoms. The van der Waals surface area contributed by atoms with Gasteiger partial charge in [0.1, 0.15) is 6.04 Å². The molecule has 0 unspecified atom stereocenters. The molecule has 2 fully saturated rings. The zero-order valence-corrected chi connectivity index (χ0v) is 15.7. The molecule has 2 N–H and O–H groups in total. The molecule has 150 valence electrons. The van der Waals surface area contributed by atoms with E-state index in [4.69, 9.17) is 15.2 Å². The van der Waals surface area contributed by atoms with Gasteiger partial charge in [0.15, 0.2) is 11.5 Å². The maximum absolute atomic E-state index is 13.6. The van der Waals surface area contributed by atoms with E-state index in [1.165, 1.54) is 0 Å². The normalized spacial score (nSPS) is 27.9. The van der Waals surface area contributed by atoms with Crippen LogP contribution in [0, 0.1) is 11.8 Å². The van der Waals surface area contributed by atoms with Crippen LogP contribution < -0.4 is 20.1 Å². The molecule has 0 saturated carbocycles. The first-order chi connectivity index (χ1) is 14.6. The summed E-state index contributed by atoms with van der Waals surface area (Å²) in [5.74, 6) is -1.90. The minimum Gasteiger partial charge on any atom is -0.454 e. The summed E-state index contributed by atoms with van der Waals surface area (Å²) in [6.45, 7) is 0.0931. The Morgan fingerprint density at radius 1 is 1.00 bits per heavy atom. The average Bonchev–Trinajstić information content (AvgIpc) is 3.41. The second kappa shape index (κ2) is 5.85. The number of imide groups is 1. The molecule has 4 heterocycles. The Morgan fingerprint density at radius 2 is 1.77 bits per heavy atom. The average molecular weight is 403 g/mol. The van der Waals surface area contributed by atoms with E-state index >= 15 is 0 Å². The predicted octanol–water partition coefficient (Wildman–Crippen LogP) is 1.42. The zero-order valence-electron chi connectivity index (χ0n) is 15.7. The smallest absolute Gasteiger partial charge is 0.240 e. The van der Waals surface area contributed by atoms with Crippen molar-refractivity contribution in [1.29, 1.82) is 0 Å². The van der Waals surface area contributed by atoms with Crippen LogP contribution in [-0.2, 0) is 14.4 Å². The number of nitrogens with two attached hydrogens (primary N) is 1. The number of benzene rings is 2. The lowest BCUT2D eigenvalue weighted by Crippen LogP contribution is -2.46. The number of hydrogen-bond acceptors (Lipinski definition) is 6. The van der Waals surface area contributed by atoms with Crippen LogP contribution >= 0.6 is 0 Å². The molecule has 4 aliphatic heterocycles. The standard InChI is InChI=1S/C22H17N3O5/c23-20(26)19-17-16(18-13-4-2-1-3-11(13)7-8-24(18)19)21(27)25(22(17)28)12-5-6-14-15(9-12)30-10-29-14/h1-9,16-19H,10H2,(H2,23,26)/t16-,17-,18+,19+/m1/s1. The highest BCUT2D eigenvalue weighted by molar-refractivity contribution is 6.24. The lowest BCUT2D eigenvalue weighted by atomic mass is 9.84. The lowest BCUT2D eigenvalue weighted by molar-refractivity contribution is -0.129. The summed E-state index contributed by atoms with van der Waals surface area (Å²) >= 11 is 0. The third kappa shape index (κ3) is 2.07. The van der Waals surface area contributed by atoms with E-state index in [2.05, 4.69) is 0 Å². The van der Waals surface area contributed by atoms with Gasteiger partial charge in [0.05, 0.1) is 23.6 Å². The molecule has 0 aliphatic carbocycles. The Balaban J connectivity index is 1.47. The minimum atomic E-state index is -0.889. The van der Waals surface area contributed by atoms with Gasteiger partial charge < -0.3 is 20.1 Å². The largest absolute Gasteiger partial charge is 0.454 e. The van der Waals surface area contributed by atoms with Gasteiger partial charge in [-0.15, -0.1) is 0 Å². The van der Waals surface area contributed by atoms with Crippen molar-refractivity contribution in [3.63, 3.8) is 0 Å². The first kappa shape index (κ1) is 17.1. The Bertz CT molecular complexity index is 1160. The Labute approximate surface area is 171 Å². The quantitative estimate of drug-likeness (QED) is 0.761. The van der Waals surface area contributed by atoms with Crippen molar-refractivity contribution in [3.8, 4) is 11.5 Å². The maximum Gasteiger partial charge on any atom is 0.240 e. The molecule has 0 aromatic heterocycles. The van der Waals surface area contributed by atoms with E-state index in [1.54, 1.807) is 29.3 Å². The van der Waals surface area contributed by atoms with Crippen LogP contribution in [0.5, 0.6) is 11.5 Å². The molecule has 2 aromatic rings. The second-order valence-corrected chi connectivity index (χ2v) is 7.78. The number of rotatable bonds is 2. The summed E-state index contributed by atoms with van der Waals surface area (Å²) in [7, 11) is 0. The first-order valence-corrected chi connectivity index (χ1v) is 9.67. The van der Waals surface area contributed by atoms with Crippen LogP contribution in [0.1, 0.15) is 17.2 Å². The van der Waals surface area contributed by atoms with E-state index in [9.17, 15) is 14.4 Å². The van der Waals surface area contributed by atoms with Crippen LogP contribution in [-0.4, -0.2) is 35.5 Å². The van der Waals surface area contributed by atoms with Crippen LogP contribution in [0.3, 0.4) is 0 Å². The van der Waals surface area contributed by atoms with Crippen molar-refractivity contribution >= 4 is 29.5 Å². The fourth-order valence-electron chi connectivity index (χ4n) is 5.16. The summed E-state index contributed by atoms with van der Waals surface area (Å²) in [5, 5.41) is 0. The third-order valence-electron chi connectivity index (χ3n) is 6.37. The van der Waals surface area contributed by atoms with Crippen molar-refractivity contribution in [2.75, 3.05) is 11.7 Å². The van der Waals surface area contributed by atoms with Gasteiger partial charge >= 0.3 is 0 Å². The Morgan fingerprint density at radius 3 is 2.60 bits per heavy atom. The fraction of sp³-hybridized carbons (Fsp3) is 0.227. The van der Waals surface area contributed by atoms with Gasteiger partial charge in [-0.3, -0.25) is 14.4 Å². The van der Waals surface area contributed by atoms with Crippen molar-refractivity contribution in [2.45, 2.75) is 12.1 Å². The molecular weight excluding hydrogens is 386 g/mol. The SMILES string of the molecule is NC(=O)[C@@H]1[C@@H]2C(=O)N(c3ccc4c(c3)OCO4)C(=O)[C@H]2[C@@H]2c3ccccc3C=CN12. The zero-order chi connectivity index (χ0) is 20.6. The molecule has 8 nitrogen and oxygen atoms in total. The van der Waals surface area contributed by atoms with Crippen LogP contribution in [0.4, 0.5) is 5.69 Å². The number of nitrogens with zero attached hydrogens (tertiary/aromatic N) is 2. The molecule has 8 heteroatoms. The van der Waals surface area contributed by atoms with Gasteiger partial charge in [-0.25, -0.2) is 4.90 Å². The van der Waals surface area contributed by atoms with Gasteiger partial charge in [-0.05, 0) is 29.3 Å². The fourth-order valence-corrected chi connectivity index (χ4v) is 5.16. The highest BCUT2D eigenvalue weighted by Crippen LogP contribution is 2.53.